The predicted octanol–water partition coefficient (Wildman–Crippen LogP) is 6.40. The summed E-state index contributed by atoms with van der Waals surface area (Å²) in [6, 6.07) is 21.2. The molecule has 1 aromatic heterocycles. The highest BCUT2D eigenvalue weighted by molar-refractivity contribution is 7.91. The largest absolute Gasteiger partial charge is 0.419 e. The number of aromatic nitrogens is 1. The summed E-state index contributed by atoms with van der Waals surface area (Å²) in [7, 11) is -4.02. The van der Waals surface area contributed by atoms with Crippen molar-refractivity contribution in [2.75, 3.05) is 5.32 Å². The van der Waals surface area contributed by atoms with Crippen LogP contribution in [0.15, 0.2) is 87.1 Å². The van der Waals surface area contributed by atoms with Crippen molar-refractivity contribution in [1.29, 1.82) is 0 Å². The number of nitrogens with one attached hydrogen (secondary N) is 1. The number of benzene rings is 3. The SMILES string of the molecule is Cc1ccccc1-c1nc(S(=O)(=O)c2ccc(Cl)c(Cl)c2)c(NCc2ccccc2)o1. The Morgan fingerprint density at radius 3 is 2.35 bits per heavy atom. The van der Waals surface area contributed by atoms with Gasteiger partial charge in [-0.05, 0) is 42.3 Å². The first kappa shape index (κ1) is 21.4. The Balaban J connectivity index is 1.80. The van der Waals surface area contributed by atoms with E-state index >= 15 is 0 Å². The molecule has 0 fully saturated rings. The summed E-state index contributed by atoms with van der Waals surface area (Å²) in [4.78, 5) is 4.34. The molecule has 5 nitrogen and oxygen atoms in total. The minimum atomic E-state index is -4.02. The third-order valence-corrected chi connectivity index (χ3v) is 7.12. The highest BCUT2D eigenvalue weighted by atomic mass is 35.5. The van der Waals surface area contributed by atoms with Gasteiger partial charge < -0.3 is 9.73 Å². The molecule has 0 bridgehead atoms. The highest BCUT2D eigenvalue weighted by Gasteiger charge is 2.29. The van der Waals surface area contributed by atoms with Gasteiger partial charge in [-0.1, -0.05) is 71.7 Å². The summed E-state index contributed by atoms with van der Waals surface area (Å²) >= 11 is 12.0. The van der Waals surface area contributed by atoms with Gasteiger partial charge in [0.05, 0.1) is 14.9 Å². The number of halogens is 2. The molecule has 1 N–H and O–H groups in total. The molecule has 0 unspecified atom stereocenters. The maximum absolute atomic E-state index is 13.4. The first-order valence-electron chi connectivity index (χ1n) is 9.41. The molecule has 31 heavy (non-hydrogen) atoms. The first-order chi connectivity index (χ1) is 14.9. The fourth-order valence-electron chi connectivity index (χ4n) is 3.06. The number of hydrogen-bond donors (Lipinski definition) is 1. The molecule has 4 rings (SSSR count). The number of rotatable bonds is 6. The van der Waals surface area contributed by atoms with Gasteiger partial charge in [-0.2, -0.15) is 4.98 Å². The standard InChI is InChI=1S/C23H18Cl2N2O3S/c1-15-7-5-6-10-18(15)21-27-23(22(30-21)26-14-16-8-3-2-4-9-16)31(28,29)17-11-12-19(24)20(25)13-17/h2-13,26H,14H2,1H3. The molecule has 158 valence electrons. The minimum absolute atomic E-state index is 0.0192. The summed E-state index contributed by atoms with van der Waals surface area (Å²) in [6.07, 6.45) is 0. The van der Waals surface area contributed by atoms with Crippen molar-refractivity contribution in [3.8, 4) is 11.5 Å². The Morgan fingerprint density at radius 2 is 1.65 bits per heavy atom. The van der Waals surface area contributed by atoms with Crippen molar-refractivity contribution < 1.29 is 12.8 Å². The smallest absolute Gasteiger partial charge is 0.234 e. The van der Waals surface area contributed by atoms with E-state index in [2.05, 4.69) is 10.3 Å². The zero-order chi connectivity index (χ0) is 22.0. The third kappa shape index (κ3) is 4.46. The Hall–Kier alpha value is -2.80. The number of hydrogen-bond acceptors (Lipinski definition) is 5. The van der Waals surface area contributed by atoms with Crippen molar-refractivity contribution in [3.05, 3.63) is 94.0 Å². The lowest BCUT2D eigenvalue weighted by Gasteiger charge is -2.07. The van der Waals surface area contributed by atoms with Crippen molar-refractivity contribution in [3.63, 3.8) is 0 Å². The van der Waals surface area contributed by atoms with Crippen LogP contribution in [0.1, 0.15) is 11.1 Å². The Kier molecular flexibility index (Phi) is 6.05. The van der Waals surface area contributed by atoms with Crippen LogP contribution < -0.4 is 5.32 Å². The molecule has 0 radical (unpaired) electrons. The molecule has 0 atom stereocenters. The van der Waals surface area contributed by atoms with Crippen molar-refractivity contribution in [2.45, 2.75) is 23.4 Å². The lowest BCUT2D eigenvalue weighted by molar-refractivity contribution is 0.576. The third-order valence-electron chi connectivity index (χ3n) is 4.72. The second-order valence-corrected chi connectivity index (χ2v) is 9.57. The van der Waals surface area contributed by atoms with Gasteiger partial charge >= 0.3 is 0 Å². The molecule has 0 saturated heterocycles. The van der Waals surface area contributed by atoms with Crippen LogP contribution >= 0.6 is 23.2 Å². The van der Waals surface area contributed by atoms with Gasteiger partial charge in [0.1, 0.15) is 0 Å². The lowest BCUT2D eigenvalue weighted by Crippen LogP contribution is -2.07. The fraction of sp³-hybridized carbons (Fsp3) is 0.0870. The van der Waals surface area contributed by atoms with Crippen LogP contribution in [0.5, 0.6) is 0 Å². The Morgan fingerprint density at radius 1 is 0.935 bits per heavy atom. The molecule has 0 spiro atoms. The van der Waals surface area contributed by atoms with Crippen LogP contribution in [0, 0.1) is 6.92 Å². The van der Waals surface area contributed by atoms with E-state index in [1.807, 2.05) is 61.5 Å². The van der Waals surface area contributed by atoms with E-state index in [9.17, 15) is 8.42 Å². The van der Waals surface area contributed by atoms with E-state index in [0.29, 0.717) is 12.1 Å². The van der Waals surface area contributed by atoms with Crippen LogP contribution in [0.25, 0.3) is 11.5 Å². The molecule has 8 heteroatoms. The predicted molar refractivity (Wildman–Crippen MR) is 122 cm³/mol. The Bertz CT molecular complexity index is 1340. The molecule has 4 aromatic rings. The molecule has 0 aliphatic rings. The summed E-state index contributed by atoms with van der Waals surface area (Å²) < 4.78 is 32.7. The quantitative estimate of drug-likeness (QED) is 0.351. The van der Waals surface area contributed by atoms with Gasteiger partial charge in [-0.15, -0.1) is 0 Å². The summed E-state index contributed by atoms with van der Waals surface area (Å²) in [6.45, 7) is 2.27. The van der Waals surface area contributed by atoms with E-state index in [1.54, 1.807) is 0 Å². The first-order valence-corrected chi connectivity index (χ1v) is 11.6. The van der Waals surface area contributed by atoms with Crippen molar-refractivity contribution in [1.82, 2.24) is 4.98 Å². The van der Waals surface area contributed by atoms with Crippen molar-refractivity contribution in [2.24, 2.45) is 0 Å². The number of sulfone groups is 1. The number of aryl methyl sites for hydroxylation is 1. The van der Waals surface area contributed by atoms with Gasteiger partial charge in [-0.3, -0.25) is 0 Å². The normalized spacial score (nSPS) is 11.5. The van der Waals surface area contributed by atoms with Gasteiger partial charge in [0.25, 0.3) is 0 Å². The van der Waals surface area contributed by atoms with Gasteiger partial charge in [0, 0.05) is 12.1 Å². The Labute approximate surface area is 190 Å². The molecule has 0 aliphatic heterocycles. The molecule has 0 saturated carbocycles. The van der Waals surface area contributed by atoms with Crippen LogP contribution in [0.3, 0.4) is 0 Å². The highest BCUT2D eigenvalue weighted by Crippen LogP contribution is 2.35. The summed E-state index contributed by atoms with van der Waals surface area (Å²) in [5, 5.41) is 3.28. The van der Waals surface area contributed by atoms with Crippen molar-refractivity contribution >= 4 is 38.9 Å². The van der Waals surface area contributed by atoms with E-state index < -0.39 is 9.84 Å². The average molecular weight is 473 g/mol. The summed E-state index contributed by atoms with van der Waals surface area (Å²) in [5.74, 6) is 0.278. The van der Waals surface area contributed by atoms with Gasteiger partial charge in [-0.25, -0.2) is 8.42 Å². The monoisotopic (exact) mass is 472 g/mol. The maximum Gasteiger partial charge on any atom is 0.234 e. The molecule has 1 heterocycles. The molecular formula is C23H18Cl2N2O3S. The second-order valence-electron chi connectivity index (χ2n) is 6.89. The minimum Gasteiger partial charge on any atom is -0.419 e. The topological polar surface area (TPSA) is 72.2 Å². The fourth-order valence-corrected chi connectivity index (χ4v) is 4.73. The van der Waals surface area contributed by atoms with Gasteiger partial charge in [0.15, 0.2) is 0 Å². The summed E-state index contributed by atoms with van der Waals surface area (Å²) in [5.41, 5.74) is 2.59. The molecule has 3 aromatic carbocycles. The van der Waals surface area contributed by atoms with Crippen LogP contribution in [0.4, 0.5) is 5.88 Å². The number of nitrogens with zero attached hydrogens (tertiary/aromatic N) is 1. The maximum atomic E-state index is 13.4. The number of anilines is 1. The van der Waals surface area contributed by atoms with Crippen LogP contribution in [-0.2, 0) is 16.4 Å². The van der Waals surface area contributed by atoms with E-state index in [1.165, 1.54) is 18.2 Å². The number of oxazole rings is 1. The second kappa shape index (κ2) is 8.75. The lowest BCUT2D eigenvalue weighted by atomic mass is 10.1. The van der Waals surface area contributed by atoms with Gasteiger partial charge in [0.2, 0.25) is 26.6 Å². The zero-order valence-corrected chi connectivity index (χ0v) is 18.8. The van der Waals surface area contributed by atoms with E-state index in [0.717, 1.165) is 11.1 Å². The molecular weight excluding hydrogens is 455 g/mol. The molecule has 0 amide bonds. The van der Waals surface area contributed by atoms with Crippen LogP contribution in [-0.4, -0.2) is 13.4 Å². The van der Waals surface area contributed by atoms with E-state index in [-0.39, 0.29) is 31.7 Å². The average Bonchev–Trinajstić information content (AvgIpc) is 3.20. The zero-order valence-electron chi connectivity index (χ0n) is 16.5. The molecule has 0 aliphatic carbocycles. The van der Waals surface area contributed by atoms with E-state index in [4.69, 9.17) is 27.6 Å². The van der Waals surface area contributed by atoms with Crippen LogP contribution in [0.2, 0.25) is 10.0 Å².